The topological polar surface area (TPSA) is 130 Å². The molecule has 0 fully saturated rings. The smallest absolute Gasteiger partial charge is 0.411 e. The summed E-state index contributed by atoms with van der Waals surface area (Å²) in [6, 6.07) is 6.70. The van der Waals surface area contributed by atoms with Crippen molar-refractivity contribution in [1.29, 1.82) is 0 Å². The monoisotopic (exact) mass is 548 g/mol. The Bertz CT molecular complexity index is 1670. The Hall–Kier alpha value is -5.00. The van der Waals surface area contributed by atoms with Crippen LogP contribution < -0.4 is 16.0 Å². The molecule has 1 aliphatic rings. The average molecular weight is 549 g/mol. The van der Waals surface area contributed by atoms with Crippen LogP contribution in [0.2, 0.25) is 0 Å². The van der Waals surface area contributed by atoms with Gasteiger partial charge in [0.2, 0.25) is 5.91 Å². The zero-order valence-corrected chi connectivity index (χ0v) is 21.8. The molecule has 4 aromatic rings. The molecule has 2 aromatic carbocycles. The van der Waals surface area contributed by atoms with Gasteiger partial charge in [-0.3, -0.25) is 14.9 Å². The number of nitrogens with one attached hydrogen (secondary N) is 4. The summed E-state index contributed by atoms with van der Waals surface area (Å²) in [5, 5.41) is 8.25. The number of ether oxygens (including phenoxy) is 1. The zero-order chi connectivity index (χ0) is 28.6. The van der Waals surface area contributed by atoms with Crippen molar-refractivity contribution in [2.45, 2.75) is 19.4 Å². The number of carbonyl (C=O) groups excluding carboxylic acids is 3. The van der Waals surface area contributed by atoms with Gasteiger partial charge in [-0.2, -0.15) is 0 Å². The van der Waals surface area contributed by atoms with Gasteiger partial charge < -0.3 is 24.9 Å². The van der Waals surface area contributed by atoms with Crippen molar-refractivity contribution in [3.05, 3.63) is 77.9 Å². The first-order valence-electron chi connectivity index (χ1n) is 12.4. The van der Waals surface area contributed by atoms with E-state index in [1.54, 1.807) is 55.1 Å². The van der Waals surface area contributed by atoms with Gasteiger partial charge in [-0.1, -0.05) is 19.1 Å². The highest BCUT2D eigenvalue weighted by molar-refractivity contribution is 6.00. The number of hydrogen-bond donors (Lipinski definition) is 4. The number of imidazole rings is 1. The molecule has 2 aromatic heterocycles. The van der Waals surface area contributed by atoms with Crippen LogP contribution in [0.1, 0.15) is 35.6 Å². The number of aromatic nitrogens is 3. The Balaban J connectivity index is 1.51. The summed E-state index contributed by atoms with van der Waals surface area (Å²) in [5.41, 5.74) is 1.50. The first-order valence-corrected chi connectivity index (χ1v) is 12.4. The number of aromatic amines is 1. The van der Waals surface area contributed by atoms with E-state index < -0.39 is 41.2 Å². The third kappa shape index (κ3) is 5.03. The maximum Gasteiger partial charge on any atom is 0.411 e. The zero-order valence-electron chi connectivity index (χ0n) is 21.8. The van der Waals surface area contributed by atoms with Gasteiger partial charge in [-0.25, -0.2) is 18.6 Å². The van der Waals surface area contributed by atoms with Crippen LogP contribution >= 0.6 is 0 Å². The van der Waals surface area contributed by atoms with E-state index in [2.05, 4.69) is 30.7 Å². The van der Waals surface area contributed by atoms with E-state index in [-0.39, 0.29) is 17.7 Å². The molecule has 2 atom stereocenters. The summed E-state index contributed by atoms with van der Waals surface area (Å²) >= 11 is 0. The molecule has 0 saturated heterocycles. The van der Waals surface area contributed by atoms with Crippen LogP contribution in [-0.4, -0.2) is 39.6 Å². The number of methoxy groups -OCH3 is 1. The molecular weight excluding hydrogens is 522 g/mol. The van der Waals surface area contributed by atoms with Crippen molar-refractivity contribution >= 4 is 40.2 Å². The number of benzene rings is 2. The van der Waals surface area contributed by atoms with Gasteiger partial charge in [-0.05, 0) is 36.8 Å². The van der Waals surface area contributed by atoms with E-state index in [9.17, 15) is 18.8 Å². The summed E-state index contributed by atoms with van der Waals surface area (Å²) < 4.78 is 36.4. The quantitative estimate of drug-likeness (QED) is 0.267. The molecule has 3 amide bonds. The number of hydrogen-bond acceptors (Lipinski definition) is 5. The van der Waals surface area contributed by atoms with Crippen LogP contribution in [0, 0.1) is 17.6 Å². The summed E-state index contributed by atoms with van der Waals surface area (Å²) in [5.74, 6) is -3.39. The molecule has 0 saturated carbocycles. The average Bonchev–Trinajstić information content (AvgIpc) is 3.55. The van der Waals surface area contributed by atoms with Gasteiger partial charge in [0.25, 0.3) is 5.91 Å². The van der Waals surface area contributed by atoms with Gasteiger partial charge in [0.15, 0.2) is 0 Å². The molecule has 206 valence electrons. The third-order valence-electron chi connectivity index (χ3n) is 6.75. The molecule has 10 nitrogen and oxygen atoms in total. The minimum atomic E-state index is -0.983. The number of rotatable bonds is 3. The number of nitrogens with zero attached hydrogens (tertiary/aromatic N) is 2. The molecule has 1 aliphatic heterocycles. The third-order valence-corrected chi connectivity index (χ3v) is 6.75. The van der Waals surface area contributed by atoms with E-state index in [0.717, 1.165) is 6.07 Å². The van der Waals surface area contributed by atoms with Crippen LogP contribution in [-0.2, 0) is 16.6 Å². The first-order chi connectivity index (χ1) is 19.2. The fraction of sp³-hybridized carbons (Fsp3) is 0.214. The van der Waals surface area contributed by atoms with Crippen molar-refractivity contribution in [3.63, 3.8) is 0 Å². The summed E-state index contributed by atoms with van der Waals surface area (Å²) in [6.45, 7) is 1.70. The van der Waals surface area contributed by atoms with E-state index in [4.69, 9.17) is 0 Å². The highest BCUT2D eigenvalue weighted by Gasteiger charge is 2.26. The predicted molar refractivity (Wildman–Crippen MR) is 145 cm³/mol. The summed E-state index contributed by atoms with van der Waals surface area (Å²) in [4.78, 5) is 45.3. The summed E-state index contributed by atoms with van der Waals surface area (Å²) in [6.07, 6.45) is 5.99. The number of aryl methyl sites for hydroxylation is 1. The van der Waals surface area contributed by atoms with E-state index in [1.165, 1.54) is 19.4 Å². The fourth-order valence-corrected chi connectivity index (χ4v) is 4.55. The van der Waals surface area contributed by atoms with Crippen LogP contribution in [0.25, 0.3) is 22.2 Å². The Labute approximate surface area is 227 Å². The van der Waals surface area contributed by atoms with Gasteiger partial charge in [-0.15, -0.1) is 0 Å². The lowest BCUT2D eigenvalue weighted by Gasteiger charge is -2.18. The predicted octanol–water partition coefficient (Wildman–Crippen LogP) is 5.03. The number of anilines is 2. The van der Waals surface area contributed by atoms with Gasteiger partial charge in [0, 0.05) is 29.9 Å². The Morgan fingerprint density at radius 2 is 2.00 bits per heavy atom. The maximum absolute atomic E-state index is 15.2. The molecular formula is C28H26F2N6O4. The van der Waals surface area contributed by atoms with Crippen molar-refractivity contribution < 1.29 is 27.9 Å². The lowest BCUT2D eigenvalue weighted by molar-refractivity contribution is -0.118. The van der Waals surface area contributed by atoms with Crippen molar-refractivity contribution in [3.8, 4) is 11.3 Å². The molecule has 5 rings (SSSR count). The van der Waals surface area contributed by atoms with Crippen LogP contribution in [0.3, 0.4) is 0 Å². The summed E-state index contributed by atoms with van der Waals surface area (Å²) in [7, 11) is 2.89. The largest absolute Gasteiger partial charge is 0.453 e. The van der Waals surface area contributed by atoms with Crippen LogP contribution in [0.15, 0.2) is 54.9 Å². The minimum absolute atomic E-state index is 0.130. The second kappa shape index (κ2) is 10.6. The van der Waals surface area contributed by atoms with Crippen molar-refractivity contribution in [2.24, 2.45) is 13.0 Å². The molecule has 40 heavy (non-hydrogen) atoms. The number of H-pyrrole nitrogens is 1. The highest BCUT2D eigenvalue weighted by Crippen LogP contribution is 2.32. The van der Waals surface area contributed by atoms with Crippen molar-refractivity contribution in [1.82, 2.24) is 19.9 Å². The number of fused-ring (bicyclic) bond motifs is 5. The van der Waals surface area contributed by atoms with Crippen LogP contribution in [0.4, 0.5) is 25.0 Å². The van der Waals surface area contributed by atoms with Gasteiger partial charge in [0.1, 0.15) is 23.0 Å². The fourth-order valence-electron chi connectivity index (χ4n) is 4.55. The van der Waals surface area contributed by atoms with E-state index in [1.807, 2.05) is 0 Å². The lowest BCUT2D eigenvalue weighted by Crippen LogP contribution is -2.30. The number of carbonyl (C=O) groups is 3. The SMILES string of the molecule is COC(=O)Nc1ccc2c(c1)NC(=O)C(C)/C=C/CC(NC(=O)c1c(F)cc3c(ccn3C)c1F)c1ncc-2[nH]1. The van der Waals surface area contributed by atoms with E-state index >= 15 is 4.39 Å². The second-order valence-corrected chi connectivity index (χ2v) is 9.43. The molecule has 2 bridgehead atoms. The number of amides is 3. The second-order valence-electron chi connectivity index (χ2n) is 9.43. The molecule has 3 heterocycles. The van der Waals surface area contributed by atoms with Gasteiger partial charge in [0.05, 0.1) is 42.2 Å². The van der Waals surface area contributed by atoms with E-state index in [0.29, 0.717) is 34.0 Å². The molecule has 12 heteroatoms. The molecule has 0 aliphatic carbocycles. The molecule has 0 spiro atoms. The molecule has 2 unspecified atom stereocenters. The normalized spacial score (nSPS) is 17.7. The highest BCUT2D eigenvalue weighted by atomic mass is 19.1. The Morgan fingerprint density at radius 1 is 1.20 bits per heavy atom. The van der Waals surface area contributed by atoms with Crippen LogP contribution in [0.5, 0.6) is 0 Å². The lowest BCUT2D eigenvalue weighted by atomic mass is 10.0. The van der Waals surface area contributed by atoms with Crippen molar-refractivity contribution in [2.75, 3.05) is 17.7 Å². The standard InChI is InChI=1S/C28H26F2N6O4/c1-14-5-4-6-19(34-27(38)23-18(29)12-22-17(24(23)30)9-10-36(22)2)25-31-13-21(33-25)16-8-7-15(32-28(39)40-3)11-20(16)35-26(14)37/h4-5,7-14,19H,6H2,1-3H3,(H,31,33)(H,32,39)(H,34,38)(H,35,37)/b5-4+. The van der Waals surface area contributed by atoms with Gasteiger partial charge >= 0.3 is 6.09 Å². The molecule has 0 radical (unpaired) electrons. The maximum atomic E-state index is 15.2. The Kier molecular flexibility index (Phi) is 7.07. The number of halogens is 2. The Morgan fingerprint density at radius 3 is 2.77 bits per heavy atom. The molecule has 4 N–H and O–H groups in total. The minimum Gasteiger partial charge on any atom is -0.453 e. The first kappa shape index (κ1) is 26.6.